The number of nitro groups is 1. The van der Waals surface area contributed by atoms with Crippen molar-refractivity contribution in [3.63, 3.8) is 0 Å². The lowest BCUT2D eigenvalue weighted by Gasteiger charge is -2.22. The van der Waals surface area contributed by atoms with Crippen molar-refractivity contribution in [1.29, 1.82) is 0 Å². The van der Waals surface area contributed by atoms with Gasteiger partial charge in [-0.1, -0.05) is 12.8 Å². The number of rotatable bonds is 3. The first-order chi connectivity index (χ1) is 9.77. The Bertz CT molecular complexity index is 448. The maximum Gasteiger partial charge on any atom is 0.331 e. The average Bonchev–Trinajstić information content (AvgIpc) is 3.25. The van der Waals surface area contributed by atoms with Gasteiger partial charge in [0.25, 0.3) is 0 Å². The van der Waals surface area contributed by atoms with Crippen LogP contribution in [-0.4, -0.2) is 34.8 Å². The van der Waals surface area contributed by atoms with Crippen molar-refractivity contribution in [2.75, 3.05) is 25.0 Å². The first-order valence-electron chi connectivity index (χ1n) is 7.32. The van der Waals surface area contributed by atoms with Crippen LogP contribution in [-0.2, 0) is 0 Å². The molecule has 2 fully saturated rings. The van der Waals surface area contributed by atoms with E-state index < -0.39 is 0 Å². The number of aromatic nitrogens is 2. The van der Waals surface area contributed by atoms with E-state index in [9.17, 15) is 10.1 Å². The Morgan fingerprint density at radius 3 is 2.35 bits per heavy atom. The van der Waals surface area contributed by atoms with E-state index in [2.05, 4.69) is 15.7 Å². The topological polar surface area (TPSA) is 90.2 Å². The molecule has 0 spiro atoms. The molecule has 1 aliphatic carbocycles. The molecule has 0 aromatic carbocycles. The molecule has 7 nitrogen and oxygen atoms in total. The van der Waals surface area contributed by atoms with Gasteiger partial charge in [-0.3, -0.25) is 10.1 Å². The summed E-state index contributed by atoms with van der Waals surface area (Å²) in [6, 6.07) is 0.386. The van der Waals surface area contributed by atoms with Crippen LogP contribution in [0.1, 0.15) is 44.6 Å². The summed E-state index contributed by atoms with van der Waals surface area (Å²) in [5, 5.41) is 15.4. The highest BCUT2D eigenvalue weighted by molar-refractivity contribution is 5.58. The molecular weight excluding hydrogens is 258 g/mol. The summed E-state index contributed by atoms with van der Waals surface area (Å²) in [7, 11) is 1.50. The zero-order valence-electron chi connectivity index (χ0n) is 12.0. The molecule has 0 amide bonds. The first kappa shape index (κ1) is 14.8. The minimum Gasteiger partial charge on any atom is -0.351 e. The Hall–Kier alpha value is -1.63. The summed E-state index contributed by atoms with van der Waals surface area (Å²) in [5.74, 6) is 0.740. The number of nitrogens with two attached hydrogens (primary N) is 1. The van der Waals surface area contributed by atoms with Gasteiger partial charge in [-0.15, -0.1) is 0 Å². The number of nitrogens with zero attached hydrogens (tertiary/aromatic N) is 4. The van der Waals surface area contributed by atoms with E-state index in [-0.39, 0.29) is 10.6 Å². The molecule has 1 aliphatic heterocycles. The van der Waals surface area contributed by atoms with Crippen molar-refractivity contribution < 1.29 is 4.92 Å². The predicted octanol–water partition coefficient (Wildman–Crippen LogP) is 2.08. The van der Waals surface area contributed by atoms with Crippen LogP contribution in [0.5, 0.6) is 0 Å². The van der Waals surface area contributed by atoms with Crippen LogP contribution in [0, 0.1) is 10.1 Å². The third-order valence-electron chi connectivity index (χ3n) is 3.75. The van der Waals surface area contributed by atoms with Gasteiger partial charge < -0.3 is 10.6 Å². The second-order valence-corrected chi connectivity index (χ2v) is 5.19. The molecule has 1 saturated heterocycles. The molecule has 2 heterocycles. The minimum absolute atomic E-state index is 0.170. The van der Waals surface area contributed by atoms with Crippen LogP contribution >= 0.6 is 0 Å². The monoisotopic (exact) mass is 281 g/mol. The quantitative estimate of drug-likeness (QED) is 0.676. The van der Waals surface area contributed by atoms with E-state index in [1.165, 1.54) is 26.1 Å². The van der Waals surface area contributed by atoms with Crippen LogP contribution in [0.4, 0.5) is 11.5 Å². The lowest BCUT2D eigenvalue weighted by molar-refractivity contribution is -0.384. The average molecular weight is 281 g/mol. The zero-order valence-corrected chi connectivity index (χ0v) is 12.0. The van der Waals surface area contributed by atoms with Crippen molar-refractivity contribution in [2.24, 2.45) is 5.73 Å². The summed E-state index contributed by atoms with van der Waals surface area (Å²) in [6.45, 7) is 1.83. The largest absolute Gasteiger partial charge is 0.351 e. The highest BCUT2D eigenvalue weighted by atomic mass is 16.6. The molecule has 0 unspecified atom stereocenters. The molecule has 0 bridgehead atoms. The Morgan fingerprint density at radius 2 is 1.85 bits per heavy atom. The molecule has 2 N–H and O–H groups in total. The van der Waals surface area contributed by atoms with E-state index in [1.807, 2.05) is 4.68 Å². The summed E-state index contributed by atoms with van der Waals surface area (Å²) >= 11 is 0. The van der Waals surface area contributed by atoms with Crippen molar-refractivity contribution in [3.8, 4) is 0 Å². The predicted molar refractivity (Wildman–Crippen MR) is 77.9 cm³/mol. The summed E-state index contributed by atoms with van der Waals surface area (Å²) in [6.07, 6.45) is 8.29. The van der Waals surface area contributed by atoms with E-state index >= 15 is 0 Å². The van der Waals surface area contributed by atoms with Crippen molar-refractivity contribution in [2.45, 2.75) is 44.6 Å². The fourth-order valence-electron chi connectivity index (χ4n) is 2.65. The molecule has 1 saturated carbocycles. The number of hydrogen-bond donors (Lipinski definition) is 1. The van der Waals surface area contributed by atoms with E-state index in [1.54, 1.807) is 0 Å². The molecule has 0 radical (unpaired) electrons. The van der Waals surface area contributed by atoms with Crippen LogP contribution in [0.25, 0.3) is 0 Å². The third-order valence-corrected chi connectivity index (χ3v) is 3.75. The highest BCUT2D eigenvalue weighted by Gasteiger charge is 2.34. The van der Waals surface area contributed by atoms with E-state index in [0.717, 1.165) is 44.6 Å². The van der Waals surface area contributed by atoms with Crippen LogP contribution in [0.3, 0.4) is 0 Å². The number of anilines is 1. The minimum atomic E-state index is -0.299. The fraction of sp³-hybridized carbons (Fsp3) is 0.769. The molecule has 2 aliphatic rings. The molecule has 7 heteroatoms. The maximum atomic E-state index is 11.1. The molecule has 112 valence electrons. The molecule has 3 rings (SSSR count). The summed E-state index contributed by atoms with van der Waals surface area (Å²) < 4.78 is 1.88. The van der Waals surface area contributed by atoms with E-state index in [0.29, 0.717) is 6.04 Å². The third kappa shape index (κ3) is 3.09. The Balaban J connectivity index is 0.000000704. The molecule has 1 aromatic heterocycles. The van der Waals surface area contributed by atoms with Gasteiger partial charge in [-0.05, 0) is 32.7 Å². The molecule has 1 aromatic rings. The lowest BCUT2D eigenvalue weighted by Crippen LogP contribution is -2.27. The summed E-state index contributed by atoms with van der Waals surface area (Å²) in [5.41, 5.74) is 4.67. The van der Waals surface area contributed by atoms with Gasteiger partial charge in [0.1, 0.15) is 6.20 Å². The van der Waals surface area contributed by atoms with Gasteiger partial charge >= 0.3 is 5.69 Å². The van der Waals surface area contributed by atoms with Gasteiger partial charge in [0.2, 0.25) is 5.82 Å². The zero-order chi connectivity index (χ0) is 14.5. The van der Waals surface area contributed by atoms with Gasteiger partial charge in [-0.25, -0.2) is 4.68 Å². The lowest BCUT2D eigenvalue weighted by atomic mass is 10.2. The van der Waals surface area contributed by atoms with Crippen LogP contribution in [0.2, 0.25) is 0 Å². The van der Waals surface area contributed by atoms with Crippen LogP contribution in [0.15, 0.2) is 6.20 Å². The maximum absolute atomic E-state index is 11.1. The second-order valence-electron chi connectivity index (χ2n) is 5.19. The van der Waals surface area contributed by atoms with Crippen LogP contribution < -0.4 is 10.6 Å². The standard InChI is InChI=1S/C12H18N4O2.CH5N/c17-16(18)11-9-13-15(10-5-6-10)12(11)14-7-3-1-2-4-8-14;1-2/h9-10H,1-8H2;2H2,1H3. The van der Waals surface area contributed by atoms with Gasteiger partial charge in [0.05, 0.1) is 11.0 Å². The van der Waals surface area contributed by atoms with Gasteiger partial charge in [-0.2, -0.15) is 5.10 Å². The normalized spacial score (nSPS) is 19.0. The first-order valence-corrected chi connectivity index (χ1v) is 7.32. The Kier molecular flexibility index (Phi) is 4.94. The van der Waals surface area contributed by atoms with Gasteiger partial charge in [0.15, 0.2) is 0 Å². The van der Waals surface area contributed by atoms with Gasteiger partial charge in [0, 0.05) is 13.1 Å². The van der Waals surface area contributed by atoms with Crippen molar-refractivity contribution >= 4 is 11.5 Å². The van der Waals surface area contributed by atoms with Crippen molar-refractivity contribution in [1.82, 2.24) is 9.78 Å². The SMILES string of the molecule is CN.O=[N+]([O-])c1cnn(C2CC2)c1N1CCCCCC1. The Labute approximate surface area is 118 Å². The van der Waals surface area contributed by atoms with E-state index in [4.69, 9.17) is 0 Å². The highest BCUT2D eigenvalue weighted by Crippen LogP contribution is 2.41. The Morgan fingerprint density at radius 1 is 1.25 bits per heavy atom. The van der Waals surface area contributed by atoms with Crippen molar-refractivity contribution in [3.05, 3.63) is 16.3 Å². The molecular formula is C13H23N5O2. The molecule has 0 atom stereocenters. The second kappa shape index (κ2) is 6.69. The number of hydrogen-bond acceptors (Lipinski definition) is 5. The molecule has 20 heavy (non-hydrogen) atoms. The summed E-state index contributed by atoms with van der Waals surface area (Å²) in [4.78, 5) is 13.0. The fourth-order valence-corrected chi connectivity index (χ4v) is 2.65. The smallest absolute Gasteiger partial charge is 0.331 e.